The first kappa shape index (κ1) is 18.6. The van der Waals surface area contributed by atoms with Gasteiger partial charge in [0.15, 0.2) is 0 Å². The van der Waals surface area contributed by atoms with Gasteiger partial charge >= 0.3 is 126 Å². The van der Waals surface area contributed by atoms with E-state index in [2.05, 4.69) is 10.3 Å². The van der Waals surface area contributed by atoms with E-state index >= 15 is 0 Å². The number of hydrogen-bond acceptors (Lipinski definition) is 7. The number of ether oxygens (including phenoxy) is 1. The summed E-state index contributed by atoms with van der Waals surface area (Å²) < 4.78 is 17.6. The summed E-state index contributed by atoms with van der Waals surface area (Å²) in [6.45, 7) is 0.680. The molecule has 1 aromatic carbocycles. The molecule has 27 heavy (non-hydrogen) atoms. The third-order valence-corrected chi connectivity index (χ3v) is 4.23. The molecule has 1 aliphatic heterocycles. The number of likely N-dealkylation sites (tertiary alicyclic amines) is 1. The molecule has 0 aliphatic carbocycles. The second-order valence-corrected chi connectivity index (χ2v) is 6.10. The van der Waals surface area contributed by atoms with Crippen molar-refractivity contribution in [1.29, 1.82) is 0 Å². The van der Waals surface area contributed by atoms with E-state index in [0.717, 1.165) is 0 Å². The number of rotatable bonds is 8. The number of hydrogen-bond donors (Lipinski definition) is 2. The van der Waals surface area contributed by atoms with E-state index in [9.17, 15) is 24.5 Å². The zero-order valence-corrected chi connectivity index (χ0v) is 14.3. The summed E-state index contributed by atoms with van der Waals surface area (Å²) in [5.74, 6) is -1.84. The number of amides is 1. The van der Waals surface area contributed by atoms with Gasteiger partial charge in [-0.15, -0.1) is 5.10 Å². The Labute approximate surface area is 154 Å². The van der Waals surface area contributed by atoms with Crippen LogP contribution in [-0.4, -0.2) is 68.3 Å². The number of benzene rings is 1. The molecule has 0 atom stereocenters. The third-order valence-electron chi connectivity index (χ3n) is 4.23. The van der Waals surface area contributed by atoms with Gasteiger partial charge in [-0.2, -0.15) is 0 Å². The topological polar surface area (TPSA) is 135 Å². The van der Waals surface area contributed by atoms with Crippen LogP contribution in [0.1, 0.15) is 15.9 Å². The van der Waals surface area contributed by atoms with E-state index in [1.807, 2.05) is 0 Å². The maximum atomic E-state index is 12.1. The fourth-order valence-corrected chi connectivity index (χ4v) is 2.79. The SMILES string of the molecule is O=BCCc1ccc(OC2CN(C(=O)Cn3ccnn3)C2)c(C(=O)O)c1O. The van der Waals surface area contributed by atoms with Crippen molar-refractivity contribution in [2.75, 3.05) is 13.1 Å². The molecule has 2 heterocycles. The summed E-state index contributed by atoms with van der Waals surface area (Å²) in [5, 5.41) is 26.9. The maximum absolute atomic E-state index is 12.1. The Morgan fingerprint density at radius 2 is 2.11 bits per heavy atom. The molecular weight excluding hydrogens is 355 g/mol. The van der Waals surface area contributed by atoms with Crippen LogP contribution in [0.3, 0.4) is 0 Å². The van der Waals surface area contributed by atoms with Gasteiger partial charge in [-0.25, -0.2) is 4.68 Å². The van der Waals surface area contributed by atoms with Crippen molar-refractivity contribution in [2.45, 2.75) is 25.4 Å². The second kappa shape index (κ2) is 7.98. The van der Waals surface area contributed by atoms with Crippen LogP contribution in [0.15, 0.2) is 24.5 Å². The third kappa shape index (κ3) is 4.13. The predicted molar refractivity (Wildman–Crippen MR) is 91.0 cm³/mol. The predicted octanol–water partition coefficient (Wildman–Crippen LogP) is -0.0178. The van der Waals surface area contributed by atoms with Crippen LogP contribution in [0, 0.1) is 0 Å². The summed E-state index contributed by atoms with van der Waals surface area (Å²) in [6.07, 6.45) is 3.11. The molecule has 1 saturated heterocycles. The van der Waals surface area contributed by atoms with E-state index < -0.39 is 11.7 Å². The van der Waals surface area contributed by atoms with Gasteiger partial charge in [-0.1, -0.05) is 5.21 Å². The number of aromatic hydroxyl groups is 1. The Morgan fingerprint density at radius 1 is 1.33 bits per heavy atom. The zero-order chi connectivity index (χ0) is 19.4. The molecule has 2 aromatic rings. The summed E-state index contributed by atoms with van der Waals surface area (Å²) in [6, 6.07) is 3.00. The van der Waals surface area contributed by atoms with Gasteiger partial charge in [0.1, 0.15) is 0 Å². The number of carbonyl (C=O) groups excluding carboxylic acids is 1. The first-order chi connectivity index (χ1) is 13.0. The molecule has 0 spiro atoms. The molecule has 0 radical (unpaired) electrons. The first-order valence-electron chi connectivity index (χ1n) is 8.30. The Bertz CT molecular complexity index is 851. The number of carboxylic acids is 1. The number of carbonyl (C=O) groups is 2. The van der Waals surface area contributed by atoms with Gasteiger partial charge in [0.25, 0.3) is 0 Å². The Hall–Kier alpha value is -3.24. The summed E-state index contributed by atoms with van der Waals surface area (Å²) >= 11 is 0. The fourth-order valence-electron chi connectivity index (χ4n) is 2.79. The van der Waals surface area contributed by atoms with Crippen LogP contribution >= 0.6 is 0 Å². The summed E-state index contributed by atoms with van der Waals surface area (Å²) in [4.78, 5) is 25.2. The normalized spacial score (nSPS) is 13.7. The van der Waals surface area contributed by atoms with E-state index in [4.69, 9.17) is 4.74 Å². The van der Waals surface area contributed by atoms with Gasteiger partial charge in [0, 0.05) is 6.20 Å². The van der Waals surface area contributed by atoms with E-state index in [-0.39, 0.29) is 42.6 Å². The van der Waals surface area contributed by atoms with Crippen molar-refractivity contribution in [2.24, 2.45) is 0 Å². The molecule has 11 heteroatoms. The molecule has 1 amide bonds. The van der Waals surface area contributed by atoms with E-state index in [0.29, 0.717) is 25.8 Å². The Morgan fingerprint density at radius 3 is 2.74 bits per heavy atom. The van der Waals surface area contributed by atoms with Gasteiger partial charge < -0.3 is 0 Å². The average Bonchev–Trinajstić information content (AvgIpc) is 3.09. The minimum atomic E-state index is -1.33. The molecule has 0 unspecified atom stereocenters. The van der Waals surface area contributed by atoms with Crippen molar-refractivity contribution >= 4 is 19.0 Å². The van der Waals surface area contributed by atoms with Crippen LogP contribution in [0.25, 0.3) is 0 Å². The quantitative estimate of drug-likeness (QED) is 0.618. The van der Waals surface area contributed by atoms with Crippen molar-refractivity contribution in [1.82, 2.24) is 19.9 Å². The number of aromatic nitrogens is 3. The molecule has 1 aliphatic rings. The molecule has 3 rings (SSSR count). The molecule has 140 valence electrons. The number of phenols is 1. The van der Waals surface area contributed by atoms with Crippen LogP contribution < -0.4 is 4.74 Å². The van der Waals surface area contributed by atoms with Gasteiger partial charge in [-0.3, -0.25) is 0 Å². The van der Waals surface area contributed by atoms with Crippen molar-refractivity contribution in [3.63, 3.8) is 0 Å². The first-order valence-corrected chi connectivity index (χ1v) is 8.30. The number of carboxylic acid groups (broad SMARTS) is 1. The van der Waals surface area contributed by atoms with Crippen molar-refractivity contribution in [3.05, 3.63) is 35.7 Å². The van der Waals surface area contributed by atoms with Crippen molar-refractivity contribution < 1.29 is 29.2 Å². The average molecular weight is 372 g/mol. The van der Waals surface area contributed by atoms with Crippen LogP contribution in [0.4, 0.5) is 0 Å². The molecule has 1 fully saturated rings. The number of aromatic carboxylic acids is 1. The summed E-state index contributed by atoms with van der Waals surface area (Å²) in [7, 11) is 0.698. The molecule has 10 nitrogen and oxygen atoms in total. The Balaban J connectivity index is 1.63. The minimum absolute atomic E-state index is 0.0308. The van der Waals surface area contributed by atoms with Crippen LogP contribution in [0.5, 0.6) is 11.5 Å². The molecule has 1 aromatic heterocycles. The van der Waals surface area contributed by atoms with E-state index in [1.165, 1.54) is 23.0 Å². The zero-order valence-electron chi connectivity index (χ0n) is 14.3. The van der Waals surface area contributed by atoms with Gasteiger partial charge in [0.05, 0.1) is 6.20 Å². The number of aryl methyl sites for hydroxylation is 1. The second-order valence-electron chi connectivity index (χ2n) is 6.10. The molecule has 0 bridgehead atoms. The Kier molecular flexibility index (Phi) is 5.48. The van der Waals surface area contributed by atoms with Gasteiger partial charge in [0.2, 0.25) is 0 Å². The van der Waals surface area contributed by atoms with E-state index in [1.54, 1.807) is 11.1 Å². The van der Waals surface area contributed by atoms with Crippen LogP contribution in [-0.2, 0) is 22.5 Å². The fraction of sp³-hybridized carbons (Fsp3) is 0.375. The van der Waals surface area contributed by atoms with Gasteiger partial charge in [-0.05, 0) is 0 Å². The number of nitrogens with zero attached hydrogens (tertiary/aromatic N) is 4. The summed E-state index contributed by atoms with van der Waals surface area (Å²) in [5.41, 5.74) is 0.0240. The van der Waals surface area contributed by atoms with Crippen LogP contribution in [0.2, 0.25) is 6.32 Å². The standard InChI is InChI=1S/C16H17BN4O6/c22-13(9-21-6-5-18-19-21)20-7-11(8-20)27-12-2-1-10(3-4-17-26)15(23)14(12)16(24)25/h1-2,5-6,11,23H,3-4,7-9H2,(H,24,25). The molecule has 2 N–H and O–H groups in total. The molecular formula is C16H17BN4O6. The monoisotopic (exact) mass is 372 g/mol. The molecule has 0 saturated carbocycles. The van der Waals surface area contributed by atoms with Crippen molar-refractivity contribution in [3.8, 4) is 11.5 Å².